The van der Waals surface area contributed by atoms with E-state index in [0.29, 0.717) is 18.0 Å². The zero-order valence-electron chi connectivity index (χ0n) is 11.9. The minimum atomic E-state index is -0.146. The summed E-state index contributed by atoms with van der Waals surface area (Å²) in [6.45, 7) is 8.75. The molecule has 3 N–H and O–H groups in total. The number of H-pyrrole nitrogens is 1. The third-order valence-electron chi connectivity index (χ3n) is 3.01. The van der Waals surface area contributed by atoms with Crippen LogP contribution in [0, 0.1) is 12.3 Å². The molecular formula is C13H21N5O. The van der Waals surface area contributed by atoms with Crippen molar-refractivity contribution in [3.63, 3.8) is 0 Å². The highest BCUT2D eigenvalue weighted by Gasteiger charge is 2.22. The summed E-state index contributed by atoms with van der Waals surface area (Å²) >= 11 is 0. The monoisotopic (exact) mass is 263 g/mol. The number of hydrogen-bond donors (Lipinski definition) is 2. The Hall–Kier alpha value is -1.69. The minimum Gasteiger partial charge on any atom is -0.330 e. The van der Waals surface area contributed by atoms with E-state index in [1.165, 1.54) is 10.6 Å². The predicted octanol–water partition coefficient (Wildman–Crippen LogP) is 1.20. The maximum absolute atomic E-state index is 11.8. The topological polar surface area (TPSA) is 89.1 Å². The summed E-state index contributed by atoms with van der Waals surface area (Å²) in [5.41, 5.74) is 6.51. The molecule has 6 heteroatoms. The first-order valence-corrected chi connectivity index (χ1v) is 6.46. The molecule has 2 aromatic rings. The van der Waals surface area contributed by atoms with Crippen LogP contribution in [0.3, 0.4) is 0 Å². The van der Waals surface area contributed by atoms with E-state index in [2.05, 4.69) is 35.8 Å². The van der Waals surface area contributed by atoms with Crippen LogP contribution < -0.4 is 11.3 Å². The molecule has 0 amide bonds. The van der Waals surface area contributed by atoms with Crippen molar-refractivity contribution >= 4 is 5.78 Å². The Balaban J connectivity index is 2.45. The number of rotatable bonds is 3. The quantitative estimate of drug-likeness (QED) is 0.871. The summed E-state index contributed by atoms with van der Waals surface area (Å²) < 4.78 is 1.37. The molecule has 0 aliphatic carbocycles. The summed E-state index contributed by atoms with van der Waals surface area (Å²) in [5, 5.41) is 3.02. The Labute approximate surface area is 112 Å². The summed E-state index contributed by atoms with van der Waals surface area (Å²) in [6.07, 6.45) is 0.900. The van der Waals surface area contributed by atoms with Gasteiger partial charge in [0, 0.05) is 24.2 Å². The van der Waals surface area contributed by atoms with E-state index >= 15 is 0 Å². The van der Waals surface area contributed by atoms with E-state index in [0.717, 1.165) is 12.2 Å². The molecule has 0 saturated carbocycles. The third-order valence-corrected chi connectivity index (χ3v) is 3.01. The molecule has 2 heterocycles. The minimum absolute atomic E-state index is 0.0985. The van der Waals surface area contributed by atoms with Gasteiger partial charge in [-0.1, -0.05) is 20.8 Å². The first kappa shape index (κ1) is 13.7. The molecule has 0 radical (unpaired) electrons. The molecule has 0 saturated heterocycles. The van der Waals surface area contributed by atoms with E-state index in [1.54, 1.807) is 6.92 Å². The lowest BCUT2D eigenvalue weighted by Gasteiger charge is -2.23. The standard InChI is InChI=1S/C13H21N5O/c1-8-5-10(19)18-12(15-8)16-11(17-18)9(7-14)6-13(2,3)4/h5,9H,6-7,14H2,1-4H3,(H,15,16,17). The van der Waals surface area contributed by atoms with E-state index in [1.807, 2.05) is 0 Å². The van der Waals surface area contributed by atoms with Crippen LogP contribution in [0.15, 0.2) is 10.9 Å². The highest BCUT2D eigenvalue weighted by molar-refractivity contribution is 5.28. The number of aromatic amines is 1. The first-order chi connectivity index (χ1) is 8.80. The molecule has 0 aromatic carbocycles. The van der Waals surface area contributed by atoms with Gasteiger partial charge in [-0.3, -0.25) is 9.89 Å². The highest BCUT2D eigenvalue weighted by atomic mass is 16.1. The van der Waals surface area contributed by atoms with Crippen LogP contribution in [-0.4, -0.2) is 26.1 Å². The molecule has 0 fully saturated rings. The van der Waals surface area contributed by atoms with E-state index in [-0.39, 0.29) is 16.9 Å². The molecule has 104 valence electrons. The van der Waals surface area contributed by atoms with Crippen LogP contribution in [0.4, 0.5) is 0 Å². The summed E-state index contributed by atoms with van der Waals surface area (Å²) in [6, 6.07) is 1.48. The Morgan fingerprint density at radius 3 is 2.68 bits per heavy atom. The van der Waals surface area contributed by atoms with Crippen LogP contribution in [0.5, 0.6) is 0 Å². The largest absolute Gasteiger partial charge is 0.330 e. The van der Waals surface area contributed by atoms with Gasteiger partial charge in [0.25, 0.3) is 11.3 Å². The zero-order chi connectivity index (χ0) is 14.2. The molecule has 0 aliphatic rings. The molecule has 0 aliphatic heterocycles. The predicted molar refractivity (Wildman–Crippen MR) is 74.2 cm³/mol. The van der Waals surface area contributed by atoms with Crippen molar-refractivity contribution in [2.24, 2.45) is 11.1 Å². The zero-order valence-corrected chi connectivity index (χ0v) is 11.9. The number of nitrogens with zero attached hydrogens (tertiary/aromatic N) is 3. The van der Waals surface area contributed by atoms with Crippen LogP contribution >= 0.6 is 0 Å². The van der Waals surface area contributed by atoms with Gasteiger partial charge in [0.2, 0.25) is 0 Å². The fraction of sp³-hybridized carbons (Fsp3) is 0.615. The Bertz CT molecular complexity index is 635. The molecule has 19 heavy (non-hydrogen) atoms. The number of nitrogens with two attached hydrogens (primary N) is 1. The van der Waals surface area contributed by atoms with Gasteiger partial charge in [-0.05, 0) is 18.8 Å². The molecule has 1 atom stereocenters. The van der Waals surface area contributed by atoms with Crippen molar-refractivity contribution in [3.05, 3.63) is 27.9 Å². The van der Waals surface area contributed by atoms with E-state index in [4.69, 9.17) is 5.73 Å². The van der Waals surface area contributed by atoms with Gasteiger partial charge in [-0.25, -0.2) is 4.98 Å². The fourth-order valence-corrected chi connectivity index (χ4v) is 2.22. The average Bonchev–Trinajstić information content (AvgIpc) is 2.68. The van der Waals surface area contributed by atoms with Gasteiger partial charge >= 0.3 is 0 Å². The lowest BCUT2D eigenvalue weighted by Crippen LogP contribution is -2.21. The van der Waals surface area contributed by atoms with Crippen molar-refractivity contribution in [2.45, 2.75) is 40.0 Å². The smallest absolute Gasteiger partial charge is 0.274 e. The van der Waals surface area contributed by atoms with Gasteiger partial charge < -0.3 is 5.73 Å². The lowest BCUT2D eigenvalue weighted by molar-refractivity contribution is 0.336. The maximum Gasteiger partial charge on any atom is 0.274 e. The Morgan fingerprint density at radius 2 is 2.11 bits per heavy atom. The normalized spacial score (nSPS) is 13.9. The van der Waals surface area contributed by atoms with Crippen molar-refractivity contribution < 1.29 is 0 Å². The van der Waals surface area contributed by atoms with Crippen LogP contribution in [-0.2, 0) is 0 Å². The molecule has 1 unspecified atom stereocenters. The second-order valence-electron chi connectivity index (χ2n) is 6.18. The summed E-state index contributed by atoms with van der Waals surface area (Å²) in [4.78, 5) is 20.5. The van der Waals surface area contributed by atoms with Crippen molar-refractivity contribution in [2.75, 3.05) is 6.54 Å². The van der Waals surface area contributed by atoms with Crippen molar-refractivity contribution in [1.82, 2.24) is 19.6 Å². The first-order valence-electron chi connectivity index (χ1n) is 6.46. The number of fused-ring (bicyclic) bond motifs is 1. The number of hydrogen-bond acceptors (Lipinski definition) is 4. The van der Waals surface area contributed by atoms with Crippen LogP contribution in [0.25, 0.3) is 5.78 Å². The highest BCUT2D eigenvalue weighted by Crippen LogP contribution is 2.28. The molecular weight excluding hydrogens is 242 g/mol. The number of aryl methyl sites for hydroxylation is 1. The van der Waals surface area contributed by atoms with E-state index < -0.39 is 0 Å². The van der Waals surface area contributed by atoms with Crippen molar-refractivity contribution in [1.29, 1.82) is 0 Å². The molecule has 0 spiro atoms. The third kappa shape index (κ3) is 3.01. The SMILES string of the molecule is Cc1cc(=O)n2[nH]c(C(CN)CC(C)(C)C)nc2n1. The van der Waals surface area contributed by atoms with Gasteiger partial charge in [-0.2, -0.15) is 9.50 Å². The van der Waals surface area contributed by atoms with Crippen LogP contribution in [0.2, 0.25) is 0 Å². The number of aromatic nitrogens is 4. The summed E-state index contributed by atoms with van der Waals surface area (Å²) in [7, 11) is 0. The van der Waals surface area contributed by atoms with Gasteiger partial charge in [0.05, 0.1) is 0 Å². The van der Waals surface area contributed by atoms with Gasteiger partial charge in [0.1, 0.15) is 5.82 Å². The van der Waals surface area contributed by atoms with Gasteiger partial charge in [-0.15, -0.1) is 0 Å². The molecule has 6 nitrogen and oxygen atoms in total. The fourth-order valence-electron chi connectivity index (χ4n) is 2.22. The molecule has 2 rings (SSSR count). The summed E-state index contributed by atoms with van der Waals surface area (Å²) in [5.74, 6) is 1.24. The average molecular weight is 263 g/mol. The Kier molecular flexibility index (Phi) is 3.45. The lowest BCUT2D eigenvalue weighted by atomic mass is 9.84. The number of nitrogens with one attached hydrogen (secondary N) is 1. The maximum atomic E-state index is 11.8. The van der Waals surface area contributed by atoms with E-state index in [9.17, 15) is 4.79 Å². The van der Waals surface area contributed by atoms with Crippen LogP contribution in [0.1, 0.15) is 44.6 Å². The second-order valence-corrected chi connectivity index (χ2v) is 6.18. The Morgan fingerprint density at radius 1 is 1.42 bits per heavy atom. The van der Waals surface area contributed by atoms with Crippen molar-refractivity contribution in [3.8, 4) is 0 Å². The second kappa shape index (κ2) is 4.77. The molecule has 0 bridgehead atoms. The van der Waals surface area contributed by atoms with Gasteiger partial charge in [0.15, 0.2) is 0 Å². The molecule has 2 aromatic heterocycles.